The van der Waals surface area contributed by atoms with Crippen molar-refractivity contribution in [1.29, 1.82) is 0 Å². The van der Waals surface area contributed by atoms with E-state index in [0.29, 0.717) is 12.2 Å². The lowest BCUT2D eigenvalue weighted by molar-refractivity contribution is -0.120. The van der Waals surface area contributed by atoms with Crippen molar-refractivity contribution in [2.24, 2.45) is 7.05 Å². The highest BCUT2D eigenvalue weighted by atomic mass is 32.1. The summed E-state index contributed by atoms with van der Waals surface area (Å²) in [6, 6.07) is 9.54. The molecule has 0 radical (unpaired) electrons. The van der Waals surface area contributed by atoms with Crippen molar-refractivity contribution in [3.8, 4) is 0 Å². The monoisotopic (exact) mass is 329 g/mol. The second-order valence-corrected chi connectivity index (χ2v) is 6.24. The lowest BCUT2D eigenvalue weighted by atomic mass is 10.1. The summed E-state index contributed by atoms with van der Waals surface area (Å²) in [5.74, 6) is 0.304. The predicted octanol–water partition coefficient (Wildman–Crippen LogP) is 3.07. The van der Waals surface area contributed by atoms with Crippen molar-refractivity contribution in [3.05, 3.63) is 76.3 Å². The van der Waals surface area contributed by atoms with Crippen LogP contribution in [0.25, 0.3) is 0 Å². The van der Waals surface area contributed by atoms with E-state index >= 15 is 0 Å². The molecule has 0 aliphatic heterocycles. The Kier molecular flexibility index (Phi) is 4.52. The fourth-order valence-electron chi connectivity index (χ4n) is 2.39. The molecule has 0 fully saturated rings. The summed E-state index contributed by atoms with van der Waals surface area (Å²) in [5.41, 5.74) is 0.792. The van der Waals surface area contributed by atoms with E-state index in [1.54, 1.807) is 29.7 Å². The van der Waals surface area contributed by atoms with Crippen molar-refractivity contribution in [1.82, 2.24) is 14.9 Å². The van der Waals surface area contributed by atoms with Crippen LogP contribution in [0, 0.1) is 5.82 Å². The van der Waals surface area contributed by atoms with Crippen molar-refractivity contribution in [2.75, 3.05) is 0 Å². The third-order valence-corrected chi connectivity index (χ3v) is 4.42. The molecule has 0 aliphatic rings. The average molecular weight is 329 g/mol. The number of aryl methyl sites for hydroxylation is 1. The molecule has 23 heavy (non-hydrogen) atoms. The van der Waals surface area contributed by atoms with Crippen LogP contribution in [0.3, 0.4) is 0 Å². The first-order chi connectivity index (χ1) is 11.1. The van der Waals surface area contributed by atoms with Gasteiger partial charge >= 0.3 is 0 Å². The molecule has 0 aliphatic carbocycles. The van der Waals surface area contributed by atoms with Crippen LogP contribution in [0.4, 0.5) is 4.39 Å². The predicted molar refractivity (Wildman–Crippen MR) is 87.6 cm³/mol. The minimum absolute atomic E-state index is 0.0928. The van der Waals surface area contributed by atoms with Gasteiger partial charge in [-0.05, 0) is 29.1 Å². The largest absolute Gasteiger partial charge is 0.342 e. The number of rotatable bonds is 5. The molecule has 3 rings (SSSR count). The first-order valence-electron chi connectivity index (χ1n) is 7.18. The maximum Gasteiger partial charge on any atom is 0.226 e. The minimum Gasteiger partial charge on any atom is -0.342 e. The van der Waals surface area contributed by atoms with Gasteiger partial charge in [-0.15, -0.1) is 11.3 Å². The van der Waals surface area contributed by atoms with Crippen LogP contribution in [0.2, 0.25) is 0 Å². The van der Waals surface area contributed by atoms with E-state index < -0.39 is 6.04 Å². The Morgan fingerprint density at radius 2 is 2.13 bits per heavy atom. The normalized spacial score (nSPS) is 12.1. The minimum atomic E-state index is -0.414. The number of hydrogen-bond acceptors (Lipinski definition) is 3. The Morgan fingerprint density at radius 1 is 1.35 bits per heavy atom. The second kappa shape index (κ2) is 6.75. The molecule has 4 nitrogen and oxygen atoms in total. The Labute approximate surface area is 137 Å². The van der Waals surface area contributed by atoms with E-state index in [0.717, 1.165) is 10.4 Å². The standard InChI is InChI=1S/C17H16FN3OS/c1-21-9-8-19-17(21)16(12-4-6-13(18)7-5-12)20-15(22)11-14-3-2-10-23-14/h2-10,16H,11H2,1H3,(H,20,22). The molecule has 1 N–H and O–H groups in total. The van der Waals surface area contributed by atoms with Gasteiger partial charge in [0.1, 0.15) is 17.7 Å². The molecule has 2 heterocycles. The number of thiophene rings is 1. The lowest BCUT2D eigenvalue weighted by Gasteiger charge is -2.19. The highest BCUT2D eigenvalue weighted by Crippen LogP contribution is 2.21. The Balaban J connectivity index is 1.85. The van der Waals surface area contributed by atoms with Gasteiger partial charge in [0.15, 0.2) is 0 Å². The third-order valence-electron chi connectivity index (χ3n) is 3.54. The number of aromatic nitrogens is 2. The van der Waals surface area contributed by atoms with Gasteiger partial charge in [0.05, 0.1) is 6.42 Å². The molecule has 1 unspecified atom stereocenters. The summed E-state index contributed by atoms with van der Waals surface area (Å²) in [6.45, 7) is 0. The van der Waals surface area contributed by atoms with Crippen molar-refractivity contribution >= 4 is 17.2 Å². The number of benzene rings is 1. The molecular formula is C17H16FN3OS. The molecule has 0 saturated carbocycles. The highest BCUT2D eigenvalue weighted by molar-refractivity contribution is 7.10. The van der Waals surface area contributed by atoms with Gasteiger partial charge in [-0.3, -0.25) is 4.79 Å². The fraction of sp³-hybridized carbons (Fsp3) is 0.176. The van der Waals surface area contributed by atoms with E-state index in [1.165, 1.54) is 12.1 Å². The van der Waals surface area contributed by atoms with Crippen LogP contribution in [0.15, 0.2) is 54.2 Å². The van der Waals surface area contributed by atoms with Crippen LogP contribution in [-0.4, -0.2) is 15.5 Å². The smallest absolute Gasteiger partial charge is 0.226 e. The van der Waals surface area contributed by atoms with E-state index in [4.69, 9.17) is 0 Å². The summed E-state index contributed by atoms with van der Waals surface area (Å²) < 4.78 is 15.0. The SMILES string of the molecule is Cn1ccnc1C(NC(=O)Cc1cccs1)c1ccc(F)cc1. The van der Waals surface area contributed by atoms with Gasteiger partial charge in [0, 0.05) is 24.3 Å². The quantitative estimate of drug-likeness (QED) is 0.782. The molecular weight excluding hydrogens is 313 g/mol. The van der Waals surface area contributed by atoms with Crippen LogP contribution >= 0.6 is 11.3 Å². The van der Waals surface area contributed by atoms with Crippen molar-refractivity contribution in [3.63, 3.8) is 0 Å². The summed E-state index contributed by atoms with van der Waals surface area (Å²) in [7, 11) is 1.87. The number of hydrogen-bond donors (Lipinski definition) is 1. The van der Waals surface area contributed by atoms with Gasteiger partial charge in [0.2, 0.25) is 5.91 Å². The molecule has 0 bridgehead atoms. The zero-order valence-electron chi connectivity index (χ0n) is 12.6. The number of amides is 1. The van der Waals surface area contributed by atoms with Crippen LogP contribution in [0.5, 0.6) is 0 Å². The number of nitrogens with zero attached hydrogens (tertiary/aromatic N) is 2. The van der Waals surface area contributed by atoms with Gasteiger partial charge in [-0.1, -0.05) is 18.2 Å². The van der Waals surface area contributed by atoms with Crippen LogP contribution in [0.1, 0.15) is 22.3 Å². The second-order valence-electron chi connectivity index (χ2n) is 5.20. The summed E-state index contributed by atoms with van der Waals surface area (Å²) in [4.78, 5) is 17.7. The summed E-state index contributed by atoms with van der Waals surface area (Å²) in [5, 5.41) is 4.94. The molecule has 0 spiro atoms. The maximum absolute atomic E-state index is 13.2. The van der Waals surface area contributed by atoms with Gasteiger partial charge < -0.3 is 9.88 Å². The van der Waals surface area contributed by atoms with E-state index in [9.17, 15) is 9.18 Å². The zero-order valence-corrected chi connectivity index (χ0v) is 13.4. The number of carbonyl (C=O) groups excluding carboxylic acids is 1. The Morgan fingerprint density at radius 3 is 2.74 bits per heavy atom. The molecule has 1 amide bonds. The van der Waals surface area contributed by atoms with Gasteiger partial charge in [0.25, 0.3) is 0 Å². The van der Waals surface area contributed by atoms with Crippen molar-refractivity contribution < 1.29 is 9.18 Å². The number of halogens is 1. The first-order valence-corrected chi connectivity index (χ1v) is 8.06. The Hall–Kier alpha value is -2.47. The lowest BCUT2D eigenvalue weighted by Crippen LogP contribution is -2.32. The van der Waals surface area contributed by atoms with Crippen molar-refractivity contribution in [2.45, 2.75) is 12.5 Å². The third kappa shape index (κ3) is 3.65. The molecule has 3 aromatic rings. The molecule has 2 aromatic heterocycles. The van der Waals surface area contributed by atoms with E-state index in [2.05, 4.69) is 10.3 Å². The molecule has 0 saturated heterocycles. The highest BCUT2D eigenvalue weighted by Gasteiger charge is 2.21. The fourth-order valence-corrected chi connectivity index (χ4v) is 3.09. The zero-order chi connectivity index (χ0) is 16.2. The molecule has 6 heteroatoms. The molecule has 1 aromatic carbocycles. The summed E-state index contributed by atoms with van der Waals surface area (Å²) >= 11 is 1.55. The topological polar surface area (TPSA) is 46.9 Å². The average Bonchev–Trinajstić information content (AvgIpc) is 3.18. The van der Waals surface area contributed by atoms with Gasteiger partial charge in [-0.2, -0.15) is 0 Å². The molecule has 1 atom stereocenters. The van der Waals surface area contributed by atoms with Crippen LogP contribution < -0.4 is 5.32 Å². The van der Waals surface area contributed by atoms with Crippen LogP contribution in [-0.2, 0) is 18.3 Å². The van der Waals surface area contributed by atoms with E-state index in [-0.39, 0.29) is 11.7 Å². The molecule has 118 valence electrons. The summed E-state index contributed by atoms with van der Waals surface area (Å²) in [6.07, 6.45) is 3.81. The maximum atomic E-state index is 13.2. The Bertz CT molecular complexity index is 781. The number of imidazole rings is 1. The van der Waals surface area contributed by atoms with Gasteiger partial charge in [-0.25, -0.2) is 9.37 Å². The number of nitrogens with one attached hydrogen (secondary N) is 1. The first kappa shape index (κ1) is 15.4. The number of carbonyl (C=O) groups is 1. The van der Waals surface area contributed by atoms with E-state index in [1.807, 2.05) is 35.3 Å².